The molecule has 15 heavy (non-hydrogen) atoms. The Labute approximate surface area is 130 Å². The quantitative estimate of drug-likeness (QED) is 0.724. The number of benzene rings is 1. The molecule has 5 heteroatoms. The molecule has 1 atom stereocenters. The summed E-state index contributed by atoms with van der Waals surface area (Å²) >= 11 is 0. The summed E-state index contributed by atoms with van der Waals surface area (Å²) in [5, 5.41) is 9.30. The van der Waals surface area contributed by atoms with Crippen molar-refractivity contribution in [2.45, 2.75) is 19.0 Å². The molecule has 1 aromatic carbocycles. The first kappa shape index (κ1) is 15.6. The average Bonchev–Trinajstić information content (AvgIpc) is 2.16. The summed E-state index contributed by atoms with van der Waals surface area (Å²) in [6.07, 6.45) is -1.89. The van der Waals surface area contributed by atoms with Crippen molar-refractivity contribution < 1.29 is 65.3 Å². The number of hydrogen-bond acceptors (Lipinski definition) is 1. The Kier molecular flexibility index (Phi) is 6.66. The van der Waals surface area contributed by atoms with E-state index in [0.717, 1.165) is 5.56 Å². The molecule has 0 amide bonds. The van der Waals surface area contributed by atoms with E-state index in [1.807, 2.05) is 0 Å². The minimum absolute atomic E-state index is 0. The third-order valence-electron chi connectivity index (χ3n) is 1.99. The van der Waals surface area contributed by atoms with E-state index in [9.17, 15) is 13.9 Å². The van der Waals surface area contributed by atoms with Crippen LogP contribution in [0.15, 0.2) is 24.3 Å². The molecule has 0 saturated carbocycles. The van der Waals surface area contributed by atoms with Crippen LogP contribution < -0.4 is 51.4 Å². The number of hydrogen-bond donors (Lipinski definition) is 1. The first-order chi connectivity index (χ1) is 6.47. The van der Waals surface area contributed by atoms with Crippen LogP contribution in [0.1, 0.15) is 17.2 Å². The standard InChI is InChI=1S/C10H12F2NO.K/c1-7-3-2-4-8(5-7)9(14)10(11,12)6-13;/h2-5,9,13-14H,6H2,1H3;/q-1;+1. The van der Waals surface area contributed by atoms with Crippen molar-refractivity contribution in [2.75, 3.05) is 6.54 Å². The fourth-order valence-corrected chi connectivity index (χ4v) is 1.18. The minimum Gasteiger partial charge on any atom is -0.672 e. The second kappa shape index (κ2) is 6.39. The molecule has 0 aliphatic rings. The molecule has 2 N–H and O–H groups in total. The van der Waals surface area contributed by atoms with E-state index >= 15 is 0 Å². The maximum Gasteiger partial charge on any atom is 1.00 e. The van der Waals surface area contributed by atoms with Gasteiger partial charge in [0.05, 0.1) is 0 Å². The summed E-state index contributed by atoms with van der Waals surface area (Å²) in [6, 6.07) is 6.29. The van der Waals surface area contributed by atoms with Gasteiger partial charge in [-0.1, -0.05) is 36.4 Å². The molecule has 0 heterocycles. The van der Waals surface area contributed by atoms with Crippen molar-refractivity contribution in [3.63, 3.8) is 0 Å². The zero-order valence-electron chi connectivity index (χ0n) is 8.80. The molecule has 78 valence electrons. The molecule has 0 aliphatic heterocycles. The predicted octanol–water partition coefficient (Wildman–Crippen LogP) is -0.280. The van der Waals surface area contributed by atoms with Gasteiger partial charge in [-0.15, -0.1) is 0 Å². The Morgan fingerprint density at radius 2 is 2.07 bits per heavy atom. The van der Waals surface area contributed by atoms with Crippen LogP contribution in [0.5, 0.6) is 0 Å². The van der Waals surface area contributed by atoms with Crippen molar-refractivity contribution >= 4 is 0 Å². The van der Waals surface area contributed by atoms with Gasteiger partial charge in [0.1, 0.15) is 6.10 Å². The zero-order valence-corrected chi connectivity index (χ0v) is 11.9. The van der Waals surface area contributed by atoms with E-state index in [-0.39, 0.29) is 56.9 Å². The molecule has 2 nitrogen and oxygen atoms in total. The fraction of sp³-hybridized carbons (Fsp3) is 0.400. The molecular formula is C10H12F2KNO. The molecule has 0 aromatic heterocycles. The Morgan fingerprint density at radius 3 is 2.53 bits per heavy atom. The van der Waals surface area contributed by atoms with Crippen LogP contribution in [0, 0.1) is 6.92 Å². The van der Waals surface area contributed by atoms with Crippen LogP contribution in [-0.2, 0) is 0 Å². The summed E-state index contributed by atoms with van der Waals surface area (Å²) in [4.78, 5) is 0. The summed E-state index contributed by atoms with van der Waals surface area (Å²) in [5.74, 6) is -3.38. The SMILES string of the molecule is Cc1cccc(C(O)C(F)(F)C[NH-])c1.[K+]. The van der Waals surface area contributed by atoms with Gasteiger partial charge in [-0.25, -0.2) is 8.78 Å². The summed E-state index contributed by atoms with van der Waals surface area (Å²) in [7, 11) is 0. The molecule has 1 unspecified atom stereocenters. The average molecular weight is 239 g/mol. The van der Waals surface area contributed by atoms with E-state index in [1.54, 1.807) is 19.1 Å². The van der Waals surface area contributed by atoms with Gasteiger partial charge in [-0.3, -0.25) is 0 Å². The van der Waals surface area contributed by atoms with Gasteiger partial charge >= 0.3 is 51.4 Å². The molecule has 0 saturated heterocycles. The van der Waals surface area contributed by atoms with Crippen molar-refractivity contribution in [2.24, 2.45) is 0 Å². The topological polar surface area (TPSA) is 44.0 Å². The van der Waals surface area contributed by atoms with E-state index in [2.05, 4.69) is 0 Å². The number of nitrogens with one attached hydrogen (secondary N) is 1. The Bertz CT molecular complexity index is 320. The smallest absolute Gasteiger partial charge is 0.672 e. The Morgan fingerprint density at radius 1 is 1.47 bits per heavy atom. The number of rotatable bonds is 3. The normalized spacial score (nSPS) is 13.1. The first-order valence-corrected chi connectivity index (χ1v) is 4.24. The van der Waals surface area contributed by atoms with Crippen LogP contribution in [0.4, 0.5) is 8.78 Å². The number of halogens is 2. The van der Waals surface area contributed by atoms with Crippen molar-refractivity contribution in [3.8, 4) is 0 Å². The van der Waals surface area contributed by atoms with E-state index in [4.69, 9.17) is 5.73 Å². The number of aliphatic hydroxyl groups excluding tert-OH is 1. The molecule has 0 spiro atoms. The van der Waals surface area contributed by atoms with E-state index in [1.165, 1.54) is 12.1 Å². The van der Waals surface area contributed by atoms with E-state index in [0.29, 0.717) is 0 Å². The van der Waals surface area contributed by atoms with Crippen LogP contribution in [0.3, 0.4) is 0 Å². The second-order valence-electron chi connectivity index (χ2n) is 3.25. The van der Waals surface area contributed by atoms with E-state index < -0.39 is 18.6 Å². The minimum atomic E-state index is -3.38. The molecule has 0 aliphatic carbocycles. The number of aliphatic hydroxyl groups is 1. The molecule has 0 bridgehead atoms. The monoisotopic (exact) mass is 239 g/mol. The molecule has 1 rings (SSSR count). The summed E-state index contributed by atoms with van der Waals surface area (Å²) in [5.41, 5.74) is 7.59. The van der Waals surface area contributed by atoms with Crippen molar-refractivity contribution in [3.05, 3.63) is 41.1 Å². The largest absolute Gasteiger partial charge is 1.00 e. The van der Waals surface area contributed by atoms with Crippen LogP contribution >= 0.6 is 0 Å². The van der Waals surface area contributed by atoms with Crippen LogP contribution in [0.25, 0.3) is 5.73 Å². The second-order valence-corrected chi connectivity index (χ2v) is 3.25. The molecule has 0 radical (unpaired) electrons. The van der Waals surface area contributed by atoms with Gasteiger partial charge in [0.2, 0.25) is 0 Å². The summed E-state index contributed by atoms with van der Waals surface area (Å²) in [6.45, 7) is 0.650. The van der Waals surface area contributed by atoms with Gasteiger partial charge in [0.15, 0.2) is 0 Å². The van der Waals surface area contributed by atoms with Crippen molar-refractivity contribution in [1.29, 1.82) is 0 Å². The predicted molar refractivity (Wildman–Crippen MR) is 50.3 cm³/mol. The molecular weight excluding hydrogens is 227 g/mol. The first-order valence-electron chi connectivity index (χ1n) is 4.24. The fourth-order valence-electron chi connectivity index (χ4n) is 1.18. The van der Waals surface area contributed by atoms with Gasteiger partial charge in [0, 0.05) is 0 Å². The van der Waals surface area contributed by atoms with Crippen molar-refractivity contribution in [1.82, 2.24) is 0 Å². The maximum atomic E-state index is 12.9. The maximum absolute atomic E-state index is 12.9. The van der Waals surface area contributed by atoms with Gasteiger partial charge in [-0.05, 0) is 12.5 Å². The number of alkyl halides is 2. The van der Waals surface area contributed by atoms with Gasteiger partial charge in [-0.2, -0.15) is 0 Å². The third-order valence-corrected chi connectivity index (χ3v) is 1.99. The zero-order chi connectivity index (χ0) is 10.8. The number of aryl methyl sites for hydroxylation is 1. The Hall–Kier alpha value is 0.636. The van der Waals surface area contributed by atoms with Crippen LogP contribution in [0.2, 0.25) is 0 Å². The van der Waals surface area contributed by atoms with Gasteiger partial charge in [0.25, 0.3) is 5.92 Å². The Balaban J connectivity index is 0.00000196. The molecule has 0 fully saturated rings. The summed E-state index contributed by atoms with van der Waals surface area (Å²) < 4.78 is 25.9. The van der Waals surface area contributed by atoms with Crippen LogP contribution in [-0.4, -0.2) is 17.6 Å². The van der Waals surface area contributed by atoms with Gasteiger partial charge < -0.3 is 10.8 Å². The molecule has 1 aromatic rings. The third kappa shape index (κ3) is 4.18.